The molecule has 0 unspecified atom stereocenters. The van der Waals surface area contributed by atoms with Crippen LogP contribution in [0.3, 0.4) is 0 Å². The van der Waals surface area contributed by atoms with E-state index in [-0.39, 0.29) is 0 Å². The molecule has 0 radical (unpaired) electrons. The maximum atomic E-state index is 6.15. The summed E-state index contributed by atoms with van der Waals surface area (Å²) in [6.07, 6.45) is 4.59. The Morgan fingerprint density at radius 2 is 1.65 bits per heavy atom. The van der Waals surface area contributed by atoms with Crippen LogP contribution in [0.25, 0.3) is 22.3 Å². The molecule has 0 atom stereocenters. The third kappa shape index (κ3) is 1.53. The summed E-state index contributed by atoms with van der Waals surface area (Å²) >= 11 is 12.3. The van der Waals surface area contributed by atoms with Gasteiger partial charge in [-0.05, 0) is 48.9 Å². The lowest BCUT2D eigenvalue weighted by molar-refractivity contribution is 0.625. The van der Waals surface area contributed by atoms with E-state index in [0.29, 0.717) is 0 Å². The highest BCUT2D eigenvalue weighted by molar-refractivity contribution is 8.33. The Bertz CT molecular complexity index is 864. The molecule has 0 saturated heterocycles. The topological polar surface area (TPSA) is 13.1 Å². The first kappa shape index (κ1) is 12.6. The van der Waals surface area contributed by atoms with Gasteiger partial charge in [0, 0.05) is 30.8 Å². The van der Waals surface area contributed by atoms with Crippen LogP contribution in [-0.4, -0.2) is 12.5 Å². The van der Waals surface area contributed by atoms with Gasteiger partial charge in [-0.3, -0.25) is 0 Å². The Morgan fingerprint density at radius 3 is 2.45 bits per heavy atom. The highest BCUT2D eigenvalue weighted by Gasteiger charge is 2.37. The van der Waals surface area contributed by atoms with Gasteiger partial charge in [0.1, 0.15) is 11.3 Å². The van der Waals surface area contributed by atoms with Gasteiger partial charge in [0.15, 0.2) is 0 Å². The normalized spacial score (nSPS) is 17.0. The molecule has 0 fully saturated rings. The van der Waals surface area contributed by atoms with Gasteiger partial charge in [-0.25, -0.2) is 0 Å². The lowest BCUT2D eigenvalue weighted by atomic mass is 10.1. The predicted octanol–water partition coefficient (Wildman–Crippen LogP) is 6.20. The summed E-state index contributed by atoms with van der Waals surface area (Å²) < 4.78 is 6.09. The van der Waals surface area contributed by atoms with Crippen molar-refractivity contribution in [2.75, 3.05) is 12.5 Å². The molecule has 4 rings (SSSR count). The highest BCUT2D eigenvalue weighted by atomic mass is 35.5. The number of benzene rings is 2. The summed E-state index contributed by atoms with van der Waals surface area (Å²) in [4.78, 5) is 2.62. The van der Waals surface area contributed by atoms with Crippen molar-refractivity contribution in [3.63, 3.8) is 0 Å². The Hall–Kier alpha value is -1.09. The average Bonchev–Trinajstić information content (AvgIpc) is 2.85. The fraction of sp³-hybridized carbons (Fsp3) is 0.125. The van der Waals surface area contributed by atoms with Crippen molar-refractivity contribution in [3.05, 3.63) is 46.4 Å². The maximum Gasteiger partial charge on any atom is 0.148 e. The summed E-state index contributed by atoms with van der Waals surface area (Å²) in [5, 5.41) is 2.61. The first-order valence-corrected chi connectivity index (χ1v) is 9.44. The van der Waals surface area contributed by atoms with Gasteiger partial charge in [-0.2, -0.15) is 10.0 Å². The molecule has 0 N–H and O–H groups in total. The molecule has 3 aromatic rings. The fourth-order valence-electron chi connectivity index (χ4n) is 2.97. The minimum absolute atomic E-state index is 0.741. The van der Waals surface area contributed by atoms with Crippen molar-refractivity contribution in [2.24, 2.45) is 0 Å². The quantitative estimate of drug-likeness (QED) is 0.480. The number of fused-ring (bicyclic) bond motifs is 5. The van der Waals surface area contributed by atoms with E-state index in [1.165, 1.54) is 9.79 Å². The van der Waals surface area contributed by atoms with Crippen molar-refractivity contribution >= 4 is 44.2 Å². The largest absolute Gasteiger partial charge is 0.455 e. The van der Waals surface area contributed by atoms with Crippen LogP contribution in [0.2, 0.25) is 10.0 Å². The molecule has 0 aliphatic carbocycles. The van der Waals surface area contributed by atoms with Gasteiger partial charge >= 0.3 is 0 Å². The summed E-state index contributed by atoms with van der Waals surface area (Å²) in [7, 11) is -1.09. The van der Waals surface area contributed by atoms with E-state index < -0.39 is 10.0 Å². The number of furan rings is 1. The standard InChI is InChI=1S/C16H12Cl2OS/c1-20(2)14-6-4-10(18)8-12(14)15-16(20)11-7-9(17)3-5-13(11)19-15/h3-8H,1-2H3. The fourth-order valence-corrected chi connectivity index (χ4v) is 5.96. The molecule has 4 heteroatoms. The highest BCUT2D eigenvalue weighted by Crippen LogP contribution is 2.70. The van der Waals surface area contributed by atoms with Gasteiger partial charge in [0.05, 0.1) is 0 Å². The van der Waals surface area contributed by atoms with Gasteiger partial charge in [0.25, 0.3) is 0 Å². The zero-order valence-electron chi connectivity index (χ0n) is 11.0. The van der Waals surface area contributed by atoms with Gasteiger partial charge < -0.3 is 4.42 Å². The van der Waals surface area contributed by atoms with Crippen LogP contribution in [0.4, 0.5) is 0 Å². The second-order valence-electron chi connectivity index (χ2n) is 5.37. The van der Waals surface area contributed by atoms with Crippen LogP contribution in [0.15, 0.2) is 50.6 Å². The summed E-state index contributed by atoms with van der Waals surface area (Å²) in [5.74, 6) is 0.958. The van der Waals surface area contributed by atoms with Gasteiger partial charge in [-0.1, -0.05) is 23.2 Å². The van der Waals surface area contributed by atoms with Gasteiger partial charge in [0.2, 0.25) is 0 Å². The van der Waals surface area contributed by atoms with E-state index in [2.05, 4.69) is 18.6 Å². The van der Waals surface area contributed by atoms with Crippen LogP contribution in [0.5, 0.6) is 0 Å². The zero-order chi connectivity index (χ0) is 14.1. The zero-order valence-corrected chi connectivity index (χ0v) is 13.4. The molecule has 2 aromatic carbocycles. The van der Waals surface area contributed by atoms with Crippen molar-refractivity contribution in [1.29, 1.82) is 0 Å². The number of rotatable bonds is 0. The van der Waals surface area contributed by atoms with Crippen LogP contribution < -0.4 is 0 Å². The van der Waals surface area contributed by atoms with Crippen molar-refractivity contribution in [3.8, 4) is 11.3 Å². The molecule has 1 nitrogen and oxygen atoms in total. The summed E-state index contributed by atoms with van der Waals surface area (Å²) in [6, 6.07) is 11.9. The van der Waals surface area contributed by atoms with Crippen LogP contribution in [0, 0.1) is 0 Å². The Balaban J connectivity index is 2.16. The lowest BCUT2D eigenvalue weighted by Gasteiger charge is -2.27. The first-order valence-electron chi connectivity index (χ1n) is 6.24. The van der Waals surface area contributed by atoms with Crippen LogP contribution in [0.1, 0.15) is 0 Å². The van der Waals surface area contributed by atoms with Crippen molar-refractivity contribution in [1.82, 2.24) is 0 Å². The van der Waals surface area contributed by atoms with E-state index >= 15 is 0 Å². The van der Waals surface area contributed by atoms with E-state index in [1.54, 1.807) is 0 Å². The molecule has 2 heterocycles. The lowest BCUT2D eigenvalue weighted by Crippen LogP contribution is -1.92. The Labute approximate surface area is 128 Å². The SMILES string of the molecule is CS1(C)c2ccc(Cl)cc2-c2oc3ccc(Cl)cc3c21. The maximum absolute atomic E-state index is 6.15. The molecule has 102 valence electrons. The third-order valence-electron chi connectivity index (χ3n) is 3.85. The van der Waals surface area contributed by atoms with Crippen LogP contribution >= 0.6 is 33.2 Å². The summed E-state index contributed by atoms with van der Waals surface area (Å²) in [5.41, 5.74) is 2.02. The molecule has 1 aliphatic rings. The summed E-state index contributed by atoms with van der Waals surface area (Å²) in [6.45, 7) is 0. The molecule has 1 aromatic heterocycles. The minimum atomic E-state index is -1.09. The number of halogens is 2. The predicted molar refractivity (Wildman–Crippen MR) is 87.6 cm³/mol. The number of hydrogen-bond donors (Lipinski definition) is 0. The van der Waals surface area contributed by atoms with E-state index in [1.807, 2.05) is 30.3 Å². The van der Waals surface area contributed by atoms with Crippen molar-refractivity contribution < 1.29 is 4.42 Å². The van der Waals surface area contributed by atoms with E-state index in [4.69, 9.17) is 27.6 Å². The third-order valence-corrected chi connectivity index (χ3v) is 7.20. The molecule has 1 aliphatic heterocycles. The Morgan fingerprint density at radius 1 is 0.950 bits per heavy atom. The van der Waals surface area contributed by atoms with E-state index in [0.717, 1.165) is 32.3 Å². The second-order valence-corrected chi connectivity index (χ2v) is 9.74. The monoisotopic (exact) mass is 322 g/mol. The van der Waals surface area contributed by atoms with Crippen molar-refractivity contribution in [2.45, 2.75) is 9.79 Å². The molecule has 0 saturated carbocycles. The second kappa shape index (κ2) is 3.97. The van der Waals surface area contributed by atoms with Crippen LogP contribution in [-0.2, 0) is 0 Å². The Kier molecular flexibility index (Phi) is 2.51. The molecule has 0 amide bonds. The smallest absolute Gasteiger partial charge is 0.148 e. The molecular weight excluding hydrogens is 311 g/mol. The first-order chi connectivity index (χ1) is 9.48. The minimum Gasteiger partial charge on any atom is -0.455 e. The molecular formula is C16H12Cl2OS. The van der Waals surface area contributed by atoms with E-state index in [9.17, 15) is 0 Å². The average molecular weight is 323 g/mol. The number of hydrogen-bond acceptors (Lipinski definition) is 1. The molecule has 20 heavy (non-hydrogen) atoms. The molecule has 0 bridgehead atoms. The van der Waals surface area contributed by atoms with Gasteiger partial charge in [-0.15, -0.1) is 0 Å². The molecule has 0 spiro atoms.